The Balaban J connectivity index is 1.59. The Labute approximate surface area is 134 Å². The van der Waals surface area contributed by atoms with E-state index in [9.17, 15) is 4.79 Å². The number of nitrogens with one attached hydrogen (secondary N) is 1. The zero-order valence-corrected chi connectivity index (χ0v) is 14.0. The molecule has 1 aliphatic heterocycles. The number of aryl methyl sites for hydroxylation is 2. The molecule has 2 aromatic heterocycles. The molecule has 2 aromatic rings. The topological polar surface area (TPSA) is 63.1 Å². The number of hydrogen-bond acceptors (Lipinski definition) is 5. The van der Waals surface area contributed by atoms with Crippen molar-refractivity contribution in [3.63, 3.8) is 0 Å². The van der Waals surface area contributed by atoms with E-state index in [1.54, 1.807) is 11.3 Å². The molecule has 1 aliphatic rings. The molecule has 0 radical (unpaired) electrons. The maximum Gasteiger partial charge on any atom is 0.222 e. The van der Waals surface area contributed by atoms with Gasteiger partial charge in [-0.2, -0.15) is 5.10 Å². The molecule has 0 aliphatic carbocycles. The van der Waals surface area contributed by atoms with Gasteiger partial charge in [-0.05, 0) is 20.3 Å². The van der Waals surface area contributed by atoms with Crippen LogP contribution in [0.25, 0.3) is 0 Å². The first-order valence-corrected chi connectivity index (χ1v) is 8.31. The van der Waals surface area contributed by atoms with E-state index >= 15 is 0 Å². The van der Waals surface area contributed by atoms with Gasteiger partial charge in [0.15, 0.2) is 5.82 Å². The summed E-state index contributed by atoms with van der Waals surface area (Å²) in [5.74, 6) is 0.532. The van der Waals surface area contributed by atoms with Gasteiger partial charge in [-0.3, -0.25) is 14.4 Å². The molecule has 1 saturated heterocycles. The minimum atomic E-state index is -0.0900. The fourth-order valence-electron chi connectivity index (χ4n) is 2.76. The Hall–Kier alpha value is -1.73. The zero-order chi connectivity index (χ0) is 15.7. The molecule has 0 unspecified atom stereocenters. The average molecular weight is 319 g/mol. The van der Waals surface area contributed by atoms with Crippen molar-refractivity contribution < 1.29 is 4.79 Å². The highest BCUT2D eigenvalue weighted by Crippen LogP contribution is 2.25. The molecule has 1 fully saturated rings. The molecule has 118 valence electrons. The van der Waals surface area contributed by atoms with E-state index in [0.717, 1.165) is 31.7 Å². The van der Waals surface area contributed by atoms with E-state index in [1.807, 2.05) is 16.9 Å². The second-order valence-electron chi connectivity index (χ2n) is 5.79. The molecule has 1 amide bonds. The maximum atomic E-state index is 11.1. The van der Waals surface area contributed by atoms with Crippen molar-refractivity contribution in [3.8, 4) is 0 Å². The number of thiazole rings is 1. The van der Waals surface area contributed by atoms with Gasteiger partial charge in [0, 0.05) is 37.2 Å². The molecule has 0 bridgehead atoms. The summed E-state index contributed by atoms with van der Waals surface area (Å²) in [5.41, 5.74) is 1.14. The number of anilines is 1. The second kappa shape index (κ2) is 6.18. The van der Waals surface area contributed by atoms with Crippen molar-refractivity contribution >= 4 is 23.1 Å². The van der Waals surface area contributed by atoms with E-state index in [0.29, 0.717) is 11.9 Å². The first-order chi connectivity index (χ1) is 10.5. The van der Waals surface area contributed by atoms with Crippen LogP contribution in [0.5, 0.6) is 0 Å². The SMILES string of the molecule is CC(=O)Nc1ccn([C@H]2CCN(Cc3nc(C)c(C)s3)C2)n1. The molecule has 6 nitrogen and oxygen atoms in total. The summed E-state index contributed by atoms with van der Waals surface area (Å²) in [6.07, 6.45) is 3.02. The Bertz CT molecular complexity index is 658. The van der Waals surface area contributed by atoms with Crippen LogP contribution in [0.15, 0.2) is 12.3 Å². The van der Waals surface area contributed by atoms with E-state index in [2.05, 4.69) is 34.1 Å². The fourth-order valence-corrected chi connectivity index (χ4v) is 3.73. The summed E-state index contributed by atoms with van der Waals surface area (Å²) < 4.78 is 1.96. The molecule has 0 aromatic carbocycles. The third kappa shape index (κ3) is 3.36. The number of carbonyl (C=O) groups is 1. The maximum absolute atomic E-state index is 11.1. The number of amides is 1. The standard InChI is InChI=1S/C15H21N5OS/c1-10-11(2)22-15(16-10)9-19-6-4-13(8-19)20-7-5-14(18-20)17-12(3)21/h5,7,13H,4,6,8-9H2,1-3H3,(H,17,18,21)/t13-/m0/s1. The Kier molecular flexibility index (Phi) is 4.26. The zero-order valence-electron chi connectivity index (χ0n) is 13.2. The summed E-state index contributed by atoms with van der Waals surface area (Å²) in [5, 5.41) is 8.34. The number of carbonyl (C=O) groups excluding carboxylic acids is 1. The van der Waals surface area contributed by atoms with Crippen LogP contribution in [0.4, 0.5) is 5.82 Å². The predicted octanol–water partition coefficient (Wildman–Crippen LogP) is 2.36. The van der Waals surface area contributed by atoms with Crippen molar-refractivity contribution in [1.82, 2.24) is 19.7 Å². The molecule has 3 rings (SSSR count). The molecular formula is C15H21N5OS. The van der Waals surface area contributed by atoms with Crippen LogP contribution in [0, 0.1) is 13.8 Å². The molecule has 0 saturated carbocycles. The van der Waals surface area contributed by atoms with Crippen LogP contribution in [0.1, 0.15) is 35.0 Å². The third-order valence-corrected chi connectivity index (χ3v) is 5.02. The molecule has 0 spiro atoms. The fraction of sp³-hybridized carbons (Fsp3) is 0.533. The monoisotopic (exact) mass is 319 g/mol. The van der Waals surface area contributed by atoms with Crippen molar-refractivity contribution in [2.24, 2.45) is 0 Å². The minimum Gasteiger partial charge on any atom is -0.309 e. The van der Waals surface area contributed by atoms with Crippen LogP contribution in [-0.2, 0) is 11.3 Å². The molecule has 7 heteroatoms. The number of nitrogens with zero attached hydrogens (tertiary/aromatic N) is 4. The lowest BCUT2D eigenvalue weighted by atomic mass is 10.3. The lowest BCUT2D eigenvalue weighted by Crippen LogP contribution is -2.21. The summed E-state index contributed by atoms with van der Waals surface area (Å²) in [6, 6.07) is 2.21. The predicted molar refractivity (Wildman–Crippen MR) is 87.0 cm³/mol. The second-order valence-corrected chi connectivity index (χ2v) is 7.08. The molecular weight excluding hydrogens is 298 g/mol. The van der Waals surface area contributed by atoms with Crippen molar-refractivity contribution in [1.29, 1.82) is 0 Å². The highest BCUT2D eigenvalue weighted by atomic mass is 32.1. The van der Waals surface area contributed by atoms with E-state index < -0.39 is 0 Å². The van der Waals surface area contributed by atoms with Gasteiger partial charge < -0.3 is 5.32 Å². The van der Waals surface area contributed by atoms with Gasteiger partial charge in [0.2, 0.25) is 5.91 Å². The molecule has 22 heavy (non-hydrogen) atoms. The smallest absolute Gasteiger partial charge is 0.222 e. The van der Waals surface area contributed by atoms with Crippen molar-refractivity contribution in [2.75, 3.05) is 18.4 Å². The molecule has 1 atom stereocenters. The van der Waals surface area contributed by atoms with Crippen LogP contribution in [0.3, 0.4) is 0 Å². The van der Waals surface area contributed by atoms with E-state index in [1.165, 1.54) is 16.8 Å². The lowest BCUT2D eigenvalue weighted by molar-refractivity contribution is -0.114. The van der Waals surface area contributed by atoms with Gasteiger partial charge >= 0.3 is 0 Å². The average Bonchev–Trinajstić information content (AvgIpc) is 3.12. The number of aromatic nitrogens is 3. The van der Waals surface area contributed by atoms with Gasteiger partial charge in [-0.25, -0.2) is 4.98 Å². The number of rotatable bonds is 4. The van der Waals surface area contributed by atoms with E-state index in [-0.39, 0.29) is 5.91 Å². The molecule has 3 heterocycles. The van der Waals surface area contributed by atoms with Crippen molar-refractivity contribution in [3.05, 3.63) is 27.8 Å². The number of hydrogen-bond donors (Lipinski definition) is 1. The summed E-state index contributed by atoms with van der Waals surface area (Å²) in [4.78, 5) is 19.4. The normalized spacial score (nSPS) is 18.8. The highest BCUT2D eigenvalue weighted by molar-refractivity contribution is 7.11. The van der Waals surface area contributed by atoms with E-state index in [4.69, 9.17) is 0 Å². The van der Waals surface area contributed by atoms with Gasteiger partial charge in [-0.1, -0.05) is 0 Å². The molecule has 1 N–H and O–H groups in total. The van der Waals surface area contributed by atoms with Gasteiger partial charge in [0.05, 0.1) is 18.3 Å². The first-order valence-electron chi connectivity index (χ1n) is 7.49. The largest absolute Gasteiger partial charge is 0.309 e. The van der Waals surface area contributed by atoms with Gasteiger partial charge in [-0.15, -0.1) is 11.3 Å². The quantitative estimate of drug-likeness (QED) is 0.940. The summed E-state index contributed by atoms with van der Waals surface area (Å²) >= 11 is 1.79. The van der Waals surface area contributed by atoms with Gasteiger partial charge in [0.1, 0.15) is 5.01 Å². The Morgan fingerprint density at radius 3 is 3.00 bits per heavy atom. The summed E-state index contributed by atoms with van der Waals surface area (Å²) in [6.45, 7) is 8.62. The van der Waals surface area contributed by atoms with Crippen LogP contribution in [0.2, 0.25) is 0 Å². The third-order valence-electron chi connectivity index (χ3n) is 3.97. The summed E-state index contributed by atoms with van der Waals surface area (Å²) in [7, 11) is 0. The van der Waals surface area contributed by atoms with Crippen molar-refractivity contribution in [2.45, 2.75) is 39.8 Å². The minimum absolute atomic E-state index is 0.0900. The highest BCUT2D eigenvalue weighted by Gasteiger charge is 2.25. The van der Waals surface area contributed by atoms with Crippen LogP contribution < -0.4 is 5.32 Å². The Morgan fingerprint density at radius 2 is 2.32 bits per heavy atom. The van der Waals surface area contributed by atoms with Gasteiger partial charge in [0.25, 0.3) is 0 Å². The lowest BCUT2D eigenvalue weighted by Gasteiger charge is -2.14. The Morgan fingerprint density at radius 1 is 1.50 bits per heavy atom. The van der Waals surface area contributed by atoms with Crippen LogP contribution in [-0.4, -0.2) is 38.7 Å². The number of likely N-dealkylation sites (tertiary alicyclic amines) is 1. The first kappa shape index (κ1) is 15.2. The van der Waals surface area contributed by atoms with Crippen LogP contribution >= 0.6 is 11.3 Å².